The van der Waals surface area contributed by atoms with Gasteiger partial charge in [-0.05, 0) is 41.5 Å². The van der Waals surface area contributed by atoms with Crippen LogP contribution in [-0.4, -0.2) is 34.3 Å². The third-order valence-corrected chi connectivity index (χ3v) is 2.14. The molecule has 16 heavy (non-hydrogen) atoms. The van der Waals surface area contributed by atoms with E-state index >= 15 is 0 Å². The molecule has 0 aliphatic carbocycles. The lowest BCUT2D eigenvalue weighted by atomic mass is 10.1. The fourth-order valence-corrected chi connectivity index (χ4v) is 1.37. The molecule has 1 aliphatic rings. The maximum atomic E-state index is 12.0. The second-order valence-corrected chi connectivity index (χ2v) is 5.29. The van der Waals surface area contributed by atoms with Crippen molar-refractivity contribution in [3.8, 4) is 0 Å². The summed E-state index contributed by atoms with van der Waals surface area (Å²) in [5.74, 6) is -0.0885. The van der Waals surface area contributed by atoms with Crippen LogP contribution < -0.4 is 0 Å². The molecular formula is C11H20N4O. The number of nitrogens with zero attached hydrogens (tertiary/aromatic N) is 4. The van der Waals surface area contributed by atoms with Gasteiger partial charge in [-0.1, -0.05) is 0 Å². The maximum Gasteiger partial charge on any atom is 0.275 e. The van der Waals surface area contributed by atoms with E-state index in [4.69, 9.17) is 0 Å². The third kappa shape index (κ3) is 2.65. The zero-order valence-corrected chi connectivity index (χ0v) is 10.9. The standard InChI is InChI=1S/C11H20N4O/c1-7(2)12-13-9-8(3)14-15(10(9)16)11(4,5)6/h7,9H,1-6H3/b13-12+. The highest BCUT2D eigenvalue weighted by Gasteiger charge is 2.39. The molecular weight excluding hydrogens is 204 g/mol. The van der Waals surface area contributed by atoms with Crippen molar-refractivity contribution < 1.29 is 4.79 Å². The van der Waals surface area contributed by atoms with Crippen LogP contribution in [0.3, 0.4) is 0 Å². The first-order valence-electron chi connectivity index (χ1n) is 5.52. The summed E-state index contributed by atoms with van der Waals surface area (Å²) in [5.41, 5.74) is 0.407. The summed E-state index contributed by atoms with van der Waals surface area (Å²) in [6.07, 6.45) is 0. The lowest BCUT2D eigenvalue weighted by Gasteiger charge is -2.27. The predicted octanol–water partition coefficient (Wildman–Crippen LogP) is 2.23. The summed E-state index contributed by atoms with van der Waals surface area (Å²) < 4.78 is 0. The number of hydrogen-bond donors (Lipinski definition) is 0. The third-order valence-electron chi connectivity index (χ3n) is 2.14. The van der Waals surface area contributed by atoms with Crippen molar-refractivity contribution in [1.82, 2.24) is 5.01 Å². The molecule has 1 aliphatic heterocycles. The normalized spacial score (nSPS) is 22.4. The largest absolute Gasteiger partial charge is 0.275 e. The first-order valence-corrected chi connectivity index (χ1v) is 5.52. The van der Waals surface area contributed by atoms with Crippen LogP contribution in [0.5, 0.6) is 0 Å². The summed E-state index contributed by atoms with van der Waals surface area (Å²) in [6.45, 7) is 11.5. The molecule has 0 bridgehead atoms. The Kier molecular flexibility index (Phi) is 3.45. The Hall–Kier alpha value is -1.26. The van der Waals surface area contributed by atoms with Gasteiger partial charge in [0, 0.05) is 0 Å². The molecule has 5 heteroatoms. The van der Waals surface area contributed by atoms with Gasteiger partial charge in [-0.25, -0.2) is 5.01 Å². The van der Waals surface area contributed by atoms with Crippen LogP contribution in [-0.2, 0) is 4.79 Å². The maximum absolute atomic E-state index is 12.0. The fraction of sp³-hybridized carbons (Fsp3) is 0.818. The molecule has 5 nitrogen and oxygen atoms in total. The van der Waals surface area contributed by atoms with Gasteiger partial charge in [-0.2, -0.15) is 15.3 Å². The molecule has 0 spiro atoms. The molecule has 0 N–H and O–H groups in total. The van der Waals surface area contributed by atoms with Crippen LogP contribution in [0.15, 0.2) is 15.3 Å². The summed E-state index contributed by atoms with van der Waals surface area (Å²) in [7, 11) is 0. The smallest absolute Gasteiger partial charge is 0.270 e. The first-order chi connectivity index (χ1) is 7.23. The number of azo groups is 1. The van der Waals surface area contributed by atoms with E-state index in [0.717, 1.165) is 0 Å². The van der Waals surface area contributed by atoms with Crippen LogP contribution in [0.25, 0.3) is 0 Å². The minimum atomic E-state index is -0.526. The summed E-state index contributed by atoms with van der Waals surface area (Å²) >= 11 is 0. The number of carbonyl (C=O) groups is 1. The Morgan fingerprint density at radius 3 is 2.31 bits per heavy atom. The Labute approximate surface area is 96.6 Å². The van der Waals surface area contributed by atoms with Crippen LogP contribution in [0.2, 0.25) is 0 Å². The van der Waals surface area contributed by atoms with E-state index in [0.29, 0.717) is 5.71 Å². The summed E-state index contributed by atoms with van der Waals surface area (Å²) in [5, 5.41) is 13.8. The number of hydrogen-bond acceptors (Lipinski definition) is 4. The van der Waals surface area contributed by atoms with Crippen molar-refractivity contribution in [1.29, 1.82) is 0 Å². The van der Waals surface area contributed by atoms with E-state index in [-0.39, 0.29) is 17.5 Å². The van der Waals surface area contributed by atoms with Gasteiger partial charge >= 0.3 is 0 Å². The van der Waals surface area contributed by atoms with Gasteiger partial charge in [0.25, 0.3) is 5.91 Å². The van der Waals surface area contributed by atoms with Gasteiger partial charge in [0.2, 0.25) is 0 Å². The average Bonchev–Trinajstić information content (AvgIpc) is 2.38. The number of hydrazone groups is 1. The van der Waals surface area contributed by atoms with Gasteiger partial charge in [0.15, 0.2) is 6.04 Å². The van der Waals surface area contributed by atoms with E-state index in [1.54, 1.807) is 0 Å². The molecule has 0 aromatic heterocycles. The molecule has 0 saturated heterocycles. The lowest BCUT2D eigenvalue weighted by molar-refractivity contribution is -0.134. The Morgan fingerprint density at radius 2 is 1.94 bits per heavy atom. The monoisotopic (exact) mass is 224 g/mol. The number of amides is 1. The summed E-state index contributed by atoms with van der Waals surface area (Å²) in [6, 6.07) is -0.425. The zero-order chi connectivity index (χ0) is 12.5. The molecule has 1 rings (SSSR count). The highest BCUT2D eigenvalue weighted by atomic mass is 16.2. The Bertz CT molecular complexity index is 338. The van der Waals surface area contributed by atoms with E-state index in [1.165, 1.54) is 5.01 Å². The first kappa shape index (κ1) is 12.8. The molecule has 0 saturated carbocycles. The second kappa shape index (κ2) is 4.31. The quantitative estimate of drug-likeness (QED) is 0.663. The van der Waals surface area contributed by atoms with Crippen molar-refractivity contribution in [2.45, 2.75) is 59.2 Å². The molecule has 0 aromatic rings. The molecule has 1 unspecified atom stereocenters. The van der Waals surface area contributed by atoms with Crippen molar-refractivity contribution in [2.75, 3.05) is 0 Å². The zero-order valence-electron chi connectivity index (χ0n) is 10.9. The minimum absolute atomic E-state index is 0.0885. The predicted molar refractivity (Wildman–Crippen MR) is 63.5 cm³/mol. The molecule has 1 atom stereocenters. The van der Waals surface area contributed by atoms with Crippen molar-refractivity contribution in [3.63, 3.8) is 0 Å². The minimum Gasteiger partial charge on any atom is -0.270 e. The topological polar surface area (TPSA) is 57.4 Å². The van der Waals surface area contributed by atoms with Gasteiger partial charge in [0.1, 0.15) is 0 Å². The van der Waals surface area contributed by atoms with Gasteiger partial charge in [-0.15, -0.1) is 0 Å². The fourth-order valence-electron chi connectivity index (χ4n) is 1.37. The average molecular weight is 224 g/mol. The Balaban J connectivity index is 2.87. The van der Waals surface area contributed by atoms with E-state index < -0.39 is 6.04 Å². The molecule has 0 radical (unpaired) electrons. The van der Waals surface area contributed by atoms with Gasteiger partial charge in [0.05, 0.1) is 17.3 Å². The summed E-state index contributed by atoms with van der Waals surface area (Å²) in [4.78, 5) is 12.0. The van der Waals surface area contributed by atoms with Crippen molar-refractivity contribution in [3.05, 3.63) is 0 Å². The number of carbonyl (C=O) groups excluding carboxylic acids is 1. The molecule has 0 aromatic carbocycles. The molecule has 0 fully saturated rings. The molecule has 1 heterocycles. The lowest BCUT2D eigenvalue weighted by Crippen LogP contribution is -2.42. The van der Waals surface area contributed by atoms with E-state index in [9.17, 15) is 4.79 Å². The van der Waals surface area contributed by atoms with E-state index in [2.05, 4.69) is 15.3 Å². The van der Waals surface area contributed by atoms with Gasteiger partial charge < -0.3 is 0 Å². The van der Waals surface area contributed by atoms with Crippen molar-refractivity contribution in [2.24, 2.45) is 15.3 Å². The van der Waals surface area contributed by atoms with Gasteiger partial charge in [-0.3, -0.25) is 4.79 Å². The second-order valence-electron chi connectivity index (χ2n) is 5.29. The highest BCUT2D eigenvalue weighted by Crippen LogP contribution is 2.22. The Morgan fingerprint density at radius 1 is 1.38 bits per heavy atom. The molecule has 1 amide bonds. The van der Waals surface area contributed by atoms with Crippen LogP contribution in [0, 0.1) is 0 Å². The van der Waals surface area contributed by atoms with Crippen LogP contribution in [0.1, 0.15) is 41.5 Å². The highest BCUT2D eigenvalue weighted by molar-refractivity contribution is 6.11. The van der Waals surface area contributed by atoms with Crippen LogP contribution >= 0.6 is 0 Å². The SMILES string of the molecule is CC1=NN(C(C)(C)C)C(=O)C1/N=N/C(C)C. The molecule has 90 valence electrons. The van der Waals surface area contributed by atoms with Crippen molar-refractivity contribution >= 4 is 11.6 Å². The number of rotatable bonds is 2. The van der Waals surface area contributed by atoms with Crippen LogP contribution in [0.4, 0.5) is 0 Å². The van der Waals surface area contributed by atoms with E-state index in [1.807, 2.05) is 41.5 Å².